The van der Waals surface area contributed by atoms with Gasteiger partial charge in [0.2, 0.25) is 5.78 Å². The summed E-state index contributed by atoms with van der Waals surface area (Å²) in [5, 5.41) is 0.355. The van der Waals surface area contributed by atoms with E-state index in [9.17, 15) is 14.0 Å². The molecule has 0 unspecified atom stereocenters. The molecular formula is C11H8BrFN2O2. The Bertz CT molecular complexity index is 601. The van der Waals surface area contributed by atoms with Crippen molar-refractivity contribution in [3.8, 4) is 0 Å². The average Bonchev–Trinajstić information content (AvgIpc) is 2.70. The Balaban J connectivity index is 2.43. The molecule has 1 aromatic heterocycles. The van der Waals surface area contributed by atoms with Crippen molar-refractivity contribution < 1.29 is 9.18 Å². The average molecular weight is 299 g/mol. The number of alkyl halides is 1. The number of carbonyl (C=O) groups excluding carboxylic acids is 1. The van der Waals surface area contributed by atoms with Gasteiger partial charge < -0.3 is 9.97 Å². The minimum Gasteiger partial charge on any atom is -0.308 e. The van der Waals surface area contributed by atoms with Crippen molar-refractivity contribution in [3.05, 3.63) is 57.5 Å². The van der Waals surface area contributed by atoms with Crippen LogP contribution in [0, 0.1) is 5.82 Å². The molecule has 1 heterocycles. The molecule has 4 nitrogen and oxygen atoms in total. The zero-order chi connectivity index (χ0) is 12.4. The number of rotatable bonds is 3. The van der Waals surface area contributed by atoms with Gasteiger partial charge in [0.25, 0.3) is 0 Å². The molecule has 0 radical (unpaired) electrons. The lowest BCUT2D eigenvalue weighted by atomic mass is 10.1. The maximum Gasteiger partial charge on any atom is 0.323 e. The highest BCUT2D eigenvalue weighted by atomic mass is 79.9. The molecule has 2 N–H and O–H groups in total. The topological polar surface area (TPSA) is 65.7 Å². The molecule has 0 aliphatic carbocycles. The van der Waals surface area contributed by atoms with Gasteiger partial charge in [0, 0.05) is 10.9 Å². The first-order valence-electron chi connectivity index (χ1n) is 4.79. The third-order valence-corrected chi connectivity index (χ3v) is 2.83. The predicted octanol–water partition coefficient (Wildman–Crippen LogP) is 1.97. The van der Waals surface area contributed by atoms with Crippen molar-refractivity contribution in [3.63, 3.8) is 0 Å². The van der Waals surface area contributed by atoms with E-state index in [1.54, 1.807) is 0 Å². The number of hydrogen-bond donors (Lipinski definition) is 2. The van der Waals surface area contributed by atoms with Gasteiger partial charge in [0.15, 0.2) is 0 Å². The van der Waals surface area contributed by atoms with Crippen LogP contribution in [0.3, 0.4) is 0 Å². The van der Waals surface area contributed by atoms with Crippen LogP contribution < -0.4 is 5.69 Å². The van der Waals surface area contributed by atoms with Gasteiger partial charge in [-0.1, -0.05) is 15.9 Å². The van der Waals surface area contributed by atoms with Gasteiger partial charge in [-0.05, 0) is 24.3 Å². The maximum atomic E-state index is 12.7. The minimum absolute atomic E-state index is 0.193. The Morgan fingerprint density at radius 1 is 1.24 bits per heavy atom. The molecule has 0 amide bonds. The molecule has 0 saturated heterocycles. The van der Waals surface area contributed by atoms with Crippen molar-refractivity contribution in [1.29, 1.82) is 0 Å². The smallest absolute Gasteiger partial charge is 0.308 e. The summed E-state index contributed by atoms with van der Waals surface area (Å²) in [5.41, 5.74) is 0.552. The molecule has 1 aromatic carbocycles. The van der Waals surface area contributed by atoms with E-state index in [-0.39, 0.29) is 11.5 Å². The number of imidazole rings is 1. The third-order valence-electron chi connectivity index (χ3n) is 2.27. The zero-order valence-corrected chi connectivity index (χ0v) is 10.2. The summed E-state index contributed by atoms with van der Waals surface area (Å²) in [4.78, 5) is 28.1. The van der Waals surface area contributed by atoms with Crippen molar-refractivity contribution in [2.75, 3.05) is 0 Å². The number of nitrogens with one attached hydrogen (secondary N) is 2. The lowest BCUT2D eigenvalue weighted by Gasteiger charge is -2.00. The summed E-state index contributed by atoms with van der Waals surface area (Å²) in [5.74, 6) is -0.761. The number of hydrogen-bond acceptors (Lipinski definition) is 2. The van der Waals surface area contributed by atoms with Crippen LogP contribution >= 0.6 is 15.9 Å². The van der Waals surface area contributed by atoms with Gasteiger partial charge in [-0.15, -0.1) is 0 Å². The van der Waals surface area contributed by atoms with Gasteiger partial charge >= 0.3 is 5.69 Å². The van der Waals surface area contributed by atoms with Crippen LogP contribution in [0.15, 0.2) is 29.1 Å². The van der Waals surface area contributed by atoms with Crippen molar-refractivity contribution in [2.24, 2.45) is 0 Å². The second-order valence-electron chi connectivity index (χ2n) is 3.40. The molecular weight excluding hydrogens is 291 g/mol. The summed E-state index contributed by atoms with van der Waals surface area (Å²) < 4.78 is 12.7. The van der Waals surface area contributed by atoms with Gasteiger partial charge in [-0.2, -0.15) is 0 Å². The highest BCUT2D eigenvalue weighted by molar-refractivity contribution is 9.08. The van der Waals surface area contributed by atoms with Crippen LogP contribution in [-0.2, 0) is 5.33 Å². The largest absolute Gasteiger partial charge is 0.323 e. The van der Waals surface area contributed by atoms with E-state index in [4.69, 9.17) is 0 Å². The summed E-state index contributed by atoms with van der Waals surface area (Å²) in [6.45, 7) is 0. The fourth-order valence-electron chi connectivity index (χ4n) is 1.46. The molecule has 0 bridgehead atoms. The Morgan fingerprint density at radius 3 is 2.47 bits per heavy atom. The van der Waals surface area contributed by atoms with Gasteiger partial charge in [-0.25, -0.2) is 9.18 Å². The lowest BCUT2D eigenvalue weighted by Crippen LogP contribution is -2.06. The number of carbonyl (C=O) groups is 1. The normalized spacial score (nSPS) is 10.5. The highest BCUT2D eigenvalue weighted by Crippen LogP contribution is 2.12. The fourth-order valence-corrected chi connectivity index (χ4v) is 1.88. The Hall–Kier alpha value is -1.69. The Morgan fingerprint density at radius 2 is 1.88 bits per heavy atom. The first-order chi connectivity index (χ1) is 8.11. The second kappa shape index (κ2) is 4.67. The number of H-pyrrole nitrogens is 2. The van der Waals surface area contributed by atoms with Crippen molar-refractivity contribution in [2.45, 2.75) is 5.33 Å². The van der Waals surface area contributed by atoms with Crippen molar-refractivity contribution >= 4 is 21.7 Å². The molecule has 6 heteroatoms. The SMILES string of the molecule is O=C(c1ccc(F)cc1)c1[nH]c(=O)[nH]c1CBr. The molecule has 2 rings (SSSR count). The fraction of sp³-hybridized carbons (Fsp3) is 0.0909. The third kappa shape index (κ3) is 2.36. The lowest BCUT2D eigenvalue weighted by molar-refractivity contribution is 0.103. The van der Waals surface area contributed by atoms with Gasteiger partial charge in [-0.3, -0.25) is 4.79 Å². The summed E-state index contributed by atoms with van der Waals surface area (Å²) in [6, 6.07) is 5.15. The molecule has 0 fully saturated rings. The Kier molecular flexibility index (Phi) is 3.23. The van der Waals surface area contributed by atoms with Gasteiger partial charge in [0.1, 0.15) is 11.5 Å². The van der Waals surface area contributed by atoms with Crippen LogP contribution in [0.4, 0.5) is 4.39 Å². The predicted molar refractivity (Wildman–Crippen MR) is 63.9 cm³/mol. The molecule has 0 aliphatic heterocycles. The number of aromatic nitrogens is 2. The zero-order valence-electron chi connectivity index (χ0n) is 8.59. The summed E-state index contributed by atoms with van der Waals surface area (Å²) in [7, 11) is 0. The Labute approximate surface area is 104 Å². The summed E-state index contributed by atoms with van der Waals surface area (Å²) in [6.07, 6.45) is 0. The molecule has 17 heavy (non-hydrogen) atoms. The quantitative estimate of drug-likeness (QED) is 0.672. The number of ketones is 1. The molecule has 0 saturated carbocycles. The number of halogens is 2. The standard InChI is InChI=1S/C11H8BrFN2O2/c12-5-8-9(15-11(17)14-8)10(16)6-1-3-7(13)4-2-6/h1-4H,5H2,(H2,14,15,17). The van der Waals surface area contributed by atoms with E-state index in [1.165, 1.54) is 24.3 Å². The first kappa shape index (κ1) is 11.8. The highest BCUT2D eigenvalue weighted by Gasteiger charge is 2.16. The van der Waals surface area contributed by atoms with E-state index in [2.05, 4.69) is 25.9 Å². The summed E-state index contributed by atoms with van der Waals surface area (Å²) >= 11 is 3.17. The first-order valence-corrected chi connectivity index (χ1v) is 5.91. The van der Waals surface area contributed by atoms with E-state index in [0.717, 1.165) is 0 Å². The number of aromatic amines is 2. The van der Waals surface area contributed by atoms with Crippen molar-refractivity contribution in [1.82, 2.24) is 9.97 Å². The monoisotopic (exact) mass is 298 g/mol. The van der Waals surface area contributed by atoms with Crippen LogP contribution in [0.2, 0.25) is 0 Å². The van der Waals surface area contributed by atoms with Crippen LogP contribution in [-0.4, -0.2) is 15.8 Å². The van der Waals surface area contributed by atoms with E-state index >= 15 is 0 Å². The van der Waals surface area contributed by atoms with E-state index in [1.807, 2.05) is 0 Å². The van der Waals surface area contributed by atoms with Crippen LogP contribution in [0.1, 0.15) is 21.7 Å². The van der Waals surface area contributed by atoms with Crippen LogP contribution in [0.25, 0.3) is 0 Å². The maximum absolute atomic E-state index is 12.7. The van der Waals surface area contributed by atoms with Gasteiger partial charge in [0.05, 0.1) is 5.69 Å². The minimum atomic E-state index is -0.440. The molecule has 0 aliphatic rings. The molecule has 0 spiro atoms. The van der Waals surface area contributed by atoms with E-state index in [0.29, 0.717) is 16.6 Å². The molecule has 0 atom stereocenters. The molecule has 88 valence electrons. The second-order valence-corrected chi connectivity index (χ2v) is 3.96. The number of benzene rings is 1. The van der Waals surface area contributed by atoms with E-state index < -0.39 is 11.5 Å². The van der Waals surface area contributed by atoms with Crippen LogP contribution in [0.5, 0.6) is 0 Å². The molecule has 2 aromatic rings.